The van der Waals surface area contributed by atoms with Crippen LogP contribution in [0.4, 0.5) is 0 Å². The summed E-state index contributed by atoms with van der Waals surface area (Å²) >= 11 is 0. The number of hydrogen-bond donors (Lipinski definition) is 6. The molecule has 8 N–H and O–H groups in total. The largest absolute Gasteiger partial charge is 0.455 e. The molecule has 0 aliphatic carbocycles. The molecular formula is C33H35N5O8. The molecule has 0 spiro atoms. The quantitative estimate of drug-likeness (QED) is 0.0794. The van der Waals surface area contributed by atoms with Crippen molar-refractivity contribution in [1.29, 1.82) is 0 Å². The number of benzene rings is 3. The van der Waals surface area contributed by atoms with Crippen molar-refractivity contribution in [3.05, 3.63) is 59.7 Å². The summed E-state index contributed by atoms with van der Waals surface area (Å²) in [5.74, 6) is -1.76. The summed E-state index contributed by atoms with van der Waals surface area (Å²) in [4.78, 5) is 43.3. The molecule has 2 aliphatic rings. The molecule has 0 bridgehead atoms. The number of fused-ring (bicyclic) bond motifs is 10. The van der Waals surface area contributed by atoms with Gasteiger partial charge in [-0.2, -0.15) is 0 Å². The lowest BCUT2D eigenvalue weighted by atomic mass is 9.96. The van der Waals surface area contributed by atoms with Crippen LogP contribution in [0.5, 0.6) is 0 Å². The van der Waals surface area contributed by atoms with E-state index in [9.17, 15) is 24.6 Å². The van der Waals surface area contributed by atoms with Crippen LogP contribution in [-0.4, -0.2) is 88.3 Å². The minimum atomic E-state index is -1.50. The van der Waals surface area contributed by atoms with Gasteiger partial charge < -0.3 is 45.4 Å². The second-order valence-corrected chi connectivity index (χ2v) is 11.8. The fraction of sp³-hybridized carbons (Fsp3) is 0.364. The van der Waals surface area contributed by atoms with Gasteiger partial charge in [0.05, 0.1) is 34.3 Å². The number of aliphatic hydroxyl groups is 2. The molecule has 2 aromatic heterocycles. The predicted octanol–water partition coefficient (Wildman–Crippen LogP) is 1.95. The van der Waals surface area contributed by atoms with E-state index in [0.717, 1.165) is 10.9 Å². The van der Waals surface area contributed by atoms with E-state index in [1.54, 1.807) is 10.6 Å². The number of carbonyl (C=O) groups is 3. The van der Waals surface area contributed by atoms with Crippen LogP contribution >= 0.6 is 0 Å². The Kier molecular flexibility index (Phi) is 7.75. The first kappa shape index (κ1) is 30.3. The Morgan fingerprint density at radius 3 is 2.43 bits per heavy atom. The van der Waals surface area contributed by atoms with E-state index in [-0.39, 0.29) is 11.1 Å². The van der Waals surface area contributed by atoms with Crippen molar-refractivity contribution < 1.29 is 38.8 Å². The number of aromatic amines is 1. The second kappa shape index (κ2) is 11.8. The summed E-state index contributed by atoms with van der Waals surface area (Å²) in [5.41, 5.74) is 14.6. The number of carbonyl (C=O) groups excluding carboxylic acids is 3. The molecule has 240 valence electrons. The van der Waals surface area contributed by atoms with Crippen LogP contribution in [0.25, 0.3) is 43.6 Å². The average molecular weight is 630 g/mol. The zero-order valence-electron chi connectivity index (χ0n) is 25.1. The molecule has 7 rings (SSSR count). The SMILES string of the molecule is CO[C@@H]1[C@@H](OC(=O)C(N)CCCCN)[C@H](O)[C@@H](n2c3ccccc3c3c4c(c5c6ccccc6[nH]c5c32)C(=O)NC4=O)O[C@H]1CO. The van der Waals surface area contributed by atoms with Gasteiger partial charge in [0.1, 0.15) is 24.4 Å². The molecule has 5 aromatic rings. The van der Waals surface area contributed by atoms with Gasteiger partial charge in [-0.1, -0.05) is 42.8 Å². The van der Waals surface area contributed by atoms with Crippen molar-refractivity contribution >= 4 is 61.4 Å². The van der Waals surface area contributed by atoms with Crippen molar-refractivity contribution in [2.75, 3.05) is 20.3 Å². The molecule has 2 aliphatic heterocycles. The third-order valence-corrected chi connectivity index (χ3v) is 9.15. The highest BCUT2D eigenvalue weighted by molar-refractivity contribution is 6.39. The molecule has 4 heterocycles. The van der Waals surface area contributed by atoms with Crippen LogP contribution in [-0.2, 0) is 19.0 Å². The number of H-pyrrole nitrogens is 1. The summed E-state index contributed by atoms with van der Waals surface area (Å²) < 4.78 is 19.6. The first-order valence-corrected chi connectivity index (χ1v) is 15.3. The number of esters is 1. The van der Waals surface area contributed by atoms with Gasteiger partial charge in [0.15, 0.2) is 12.3 Å². The lowest BCUT2D eigenvalue weighted by Crippen LogP contribution is -2.59. The summed E-state index contributed by atoms with van der Waals surface area (Å²) in [6, 6.07) is 13.8. The van der Waals surface area contributed by atoms with E-state index in [0.29, 0.717) is 58.5 Å². The van der Waals surface area contributed by atoms with Crippen LogP contribution < -0.4 is 16.8 Å². The second-order valence-electron chi connectivity index (χ2n) is 11.8. The third kappa shape index (κ3) is 4.50. The number of aliphatic hydroxyl groups excluding tert-OH is 2. The first-order valence-electron chi connectivity index (χ1n) is 15.3. The number of aromatic nitrogens is 2. The van der Waals surface area contributed by atoms with Gasteiger partial charge in [0, 0.05) is 34.2 Å². The number of amides is 2. The normalized spacial score (nSPS) is 23.8. The molecule has 3 aromatic carbocycles. The van der Waals surface area contributed by atoms with Gasteiger partial charge in [-0.05, 0) is 31.5 Å². The number of rotatable bonds is 9. The Balaban J connectivity index is 1.46. The minimum absolute atomic E-state index is 0.220. The number of methoxy groups -OCH3 is 1. The number of nitrogens with two attached hydrogens (primary N) is 2. The lowest BCUT2D eigenvalue weighted by Gasteiger charge is -2.44. The van der Waals surface area contributed by atoms with E-state index < -0.39 is 61.1 Å². The lowest BCUT2D eigenvalue weighted by molar-refractivity contribution is -0.261. The molecule has 0 radical (unpaired) electrons. The van der Waals surface area contributed by atoms with E-state index in [1.165, 1.54) is 7.11 Å². The van der Waals surface area contributed by atoms with Gasteiger partial charge >= 0.3 is 5.97 Å². The van der Waals surface area contributed by atoms with E-state index >= 15 is 0 Å². The number of ether oxygens (including phenoxy) is 3. The van der Waals surface area contributed by atoms with Crippen LogP contribution in [0.3, 0.4) is 0 Å². The van der Waals surface area contributed by atoms with Crippen LogP contribution in [0, 0.1) is 0 Å². The Morgan fingerprint density at radius 2 is 1.72 bits per heavy atom. The Morgan fingerprint density at radius 1 is 1.02 bits per heavy atom. The van der Waals surface area contributed by atoms with Gasteiger partial charge in [-0.3, -0.25) is 19.7 Å². The maximum Gasteiger partial charge on any atom is 0.323 e. The van der Waals surface area contributed by atoms with Crippen molar-refractivity contribution in [1.82, 2.24) is 14.9 Å². The number of nitrogens with zero attached hydrogens (tertiary/aromatic N) is 1. The Labute approximate surface area is 262 Å². The number of para-hydroxylation sites is 2. The molecule has 1 unspecified atom stereocenters. The van der Waals surface area contributed by atoms with Gasteiger partial charge in [-0.15, -0.1) is 0 Å². The van der Waals surface area contributed by atoms with Crippen LogP contribution in [0.2, 0.25) is 0 Å². The van der Waals surface area contributed by atoms with Gasteiger partial charge in [-0.25, -0.2) is 0 Å². The maximum atomic E-state index is 13.4. The first-order chi connectivity index (χ1) is 22.3. The van der Waals surface area contributed by atoms with Crippen molar-refractivity contribution in [3.63, 3.8) is 0 Å². The van der Waals surface area contributed by atoms with E-state index in [1.807, 2.05) is 42.5 Å². The average Bonchev–Trinajstić information content (AvgIpc) is 3.70. The molecule has 1 saturated heterocycles. The highest BCUT2D eigenvalue weighted by Gasteiger charge is 2.50. The number of imide groups is 1. The zero-order chi connectivity index (χ0) is 32.3. The molecule has 13 heteroatoms. The molecule has 1 fully saturated rings. The topological polar surface area (TPSA) is 204 Å². The summed E-state index contributed by atoms with van der Waals surface area (Å²) in [6.45, 7) is -0.0446. The fourth-order valence-corrected chi connectivity index (χ4v) is 7.07. The monoisotopic (exact) mass is 629 g/mol. The zero-order valence-corrected chi connectivity index (χ0v) is 25.1. The van der Waals surface area contributed by atoms with Crippen molar-refractivity contribution in [2.24, 2.45) is 11.5 Å². The fourth-order valence-electron chi connectivity index (χ4n) is 7.07. The molecule has 0 saturated carbocycles. The van der Waals surface area contributed by atoms with Crippen molar-refractivity contribution in [3.8, 4) is 0 Å². The van der Waals surface area contributed by atoms with Crippen LogP contribution in [0.15, 0.2) is 48.5 Å². The molecule has 6 atom stereocenters. The summed E-state index contributed by atoms with van der Waals surface area (Å²) in [6.07, 6.45) is -4.39. The maximum absolute atomic E-state index is 13.4. The van der Waals surface area contributed by atoms with E-state index in [2.05, 4.69) is 10.3 Å². The number of hydrogen-bond acceptors (Lipinski definition) is 10. The standard InChI is InChI=1S/C33H35N5O8/c1-44-28-20(14-39)45-32(27(40)29(28)46-33(43)17(35)10-6-7-13-34)38-19-12-5-3-9-16(19)22-24-23(30(41)37-31(24)42)21-15-8-2-4-11-18(15)36-25(21)26(22)38/h2-5,8-9,11-12,17,20,27-29,32,36,39-40H,6-7,10,13-14,34-35H2,1H3,(H,37,41,42)/t17?,20-,27-,28-,29-,32-/m0/s1. The van der Waals surface area contributed by atoms with E-state index in [4.69, 9.17) is 25.7 Å². The highest BCUT2D eigenvalue weighted by Crippen LogP contribution is 2.46. The Hall–Kier alpha value is -4.37. The van der Waals surface area contributed by atoms with Gasteiger partial charge in [0.25, 0.3) is 11.8 Å². The van der Waals surface area contributed by atoms with Gasteiger partial charge in [0.2, 0.25) is 0 Å². The smallest absolute Gasteiger partial charge is 0.323 e. The minimum Gasteiger partial charge on any atom is -0.455 e. The molecular weight excluding hydrogens is 594 g/mol. The number of nitrogens with one attached hydrogen (secondary N) is 2. The summed E-state index contributed by atoms with van der Waals surface area (Å²) in [7, 11) is 1.37. The molecule has 2 amide bonds. The molecule has 13 nitrogen and oxygen atoms in total. The van der Waals surface area contributed by atoms with Crippen molar-refractivity contribution in [2.45, 2.75) is 55.9 Å². The molecule has 46 heavy (non-hydrogen) atoms. The highest BCUT2D eigenvalue weighted by atomic mass is 16.6. The number of unbranched alkanes of at least 4 members (excludes halogenated alkanes) is 1. The predicted molar refractivity (Wildman–Crippen MR) is 169 cm³/mol. The third-order valence-electron chi connectivity index (χ3n) is 9.15. The Bertz CT molecular complexity index is 2020. The summed E-state index contributed by atoms with van der Waals surface area (Å²) in [5, 5.41) is 27.3. The van der Waals surface area contributed by atoms with Crippen LogP contribution in [0.1, 0.15) is 46.2 Å².